The average molecular weight is 390 g/mol. The first-order valence-corrected chi connectivity index (χ1v) is 8.31. The topological polar surface area (TPSA) is 17.0 Å². The molecule has 3 rings (SSSR count). The predicted octanol–water partition coefficient (Wildman–Crippen LogP) is 4.06. The first-order valence-electron chi connectivity index (χ1n) is 7.24. The summed E-state index contributed by atoms with van der Waals surface area (Å²) in [4.78, 5) is 0. The lowest BCUT2D eigenvalue weighted by molar-refractivity contribution is 0.783. The van der Waals surface area contributed by atoms with Crippen LogP contribution in [-0.2, 0) is 13.0 Å². The second kappa shape index (κ2) is 6.62. The average Bonchev–Trinajstić information content (AvgIpc) is 2.86. The standard InChI is InChI=1S/C18H19IN2/c1-20-11-10-15-13-21(18-5-3-2-4-17(15)18)12-14-6-8-16(19)9-7-14/h2-9,13,20H,10-12H2,1H3. The number of halogens is 1. The molecule has 1 aromatic heterocycles. The van der Waals surface area contributed by atoms with Gasteiger partial charge in [-0.1, -0.05) is 30.3 Å². The Morgan fingerprint density at radius 3 is 2.57 bits per heavy atom. The predicted molar refractivity (Wildman–Crippen MR) is 97.8 cm³/mol. The molecule has 0 aliphatic carbocycles. The maximum Gasteiger partial charge on any atom is 0.0486 e. The summed E-state index contributed by atoms with van der Waals surface area (Å²) in [5, 5.41) is 4.61. The third-order valence-corrected chi connectivity index (χ3v) is 4.50. The molecule has 1 heterocycles. The highest BCUT2D eigenvalue weighted by atomic mass is 127. The van der Waals surface area contributed by atoms with Crippen molar-refractivity contribution in [1.82, 2.24) is 9.88 Å². The van der Waals surface area contributed by atoms with E-state index in [2.05, 4.69) is 87.2 Å². The lowest BCUT2D eigenvalue weighted by Crippen LogP contribution is -2.10. The first-order chi connectivity index (χ1) is 10.3. The van der Waals surface area contributed by atoms with Gasteiger partial charge >= 0.3 is 0 Å². The molecule has 0 bridgehead atoms. The van der Waals surface area contributed by atoms with Crippen LogP contribution in [-0.4, -0.2) is 18.2 Å². The van der Waals surface area contributed by atoms with Gasteiger partial charge in [0.2, 0.25) is 0 Å². The lowest BCUT2D eigenvalue weighted by atomic mass is 10.1. The molecule has 3 heteroatoms. The summed E-state index contributed by atoms with van der Waals surface area (Å²) < 4.78 is 3.64. The van der Waals surface area contributed by atoms with E-state index in [1.807, 2.05) is 7.05 Å². The third kappa shape index (κ3) is 3.30. The van der Waals surface area contributed by atoms with Gasteiger partial charge in [-0.05, 0) is 71.9 Å². The lowest BCUT2D eigenvalue weighted by Gasteiger charge is -2.05. The van der Waals surface area contributed by atoms with Gasteiger partial charge in [-0.2, -0.15) is 0 Å². The highest BCUT2D eigenvalue weighted by Gasteiger charge is 2.08. The zero-order chi connectivity index (χ0) is 14.7. The molecule has 0 aliphatic rings. The van der Waals surface area contributed by atoms with E-state index in [1.54, 1.807) is 0 Å². The van der Waals surface area contributed by atoms with Crippen molar-refractivity contribution >= 4 is 33.5 Å². The van der Waals surface area contributed by atoms with Crippen LogP contribution in [0.4, 0.5) is 0 Å². The summed E-state index contributed by atoms with van der Waals surface area (Å²) >= 11 is 2.35. The Morgan fingerprint density at radius 2 is 1.81 bits per heavy atom. The first kappa shape index (κ1) is 14.6. The van der Waals surface area contributed by atoms with Crippen LogP contribution in [0, 0.1) is 3.57 Å². The van der Waals surface area contributed by atoms with Crippen molar-refractivity contribution in [2.45, 2.75) is 13.0 Å². The fraction of sp³-hybridized carbons (Fsp3) is 0.222. The monoisotopic (exact) mass is 390 g/mol. The normalized spacial score (nSPS) is 11.1. The fourth-order valence-electron chi connectivity index (χ4n) is 2.70. The second-order valence-corrected chi connectivity index (χ2v) is 6.53. The number of aromatic nitrogens is 1. The number of nitrogens with one attached hydrogen (secondary N) is 1. The quantitative estimate of drug-likeness (QED) is 0.651. The number of rotatable bonds is 5. The van der Waals surface area contributed by atoms with Gasteiger partial charge in [0.25, 0.3) is 0 Å². The SMILES string of the molecule is CNCCc1cn(Cc2ccc(I)cc2)c2ccccc12. The summed E-state index contributed by atoms with van der Waals surface area (Å²) in [6.07, 6.45) is 3.37. The Labute approximate surface area is 139 Å². The zero-order valence-corrected chi connectivity index (χ0v) is 14.3. The van der Waals surface area contributed by atoms with Crippen molar-refractivity contribution in [3.63, 3.8) is 0 Å². The molecule has 0 atom stereocenters. The molecule has 0 unspecified atom stereocenters. The smallest absolute Gasteiger partial charge is 0.0486 e. The van der Waals surface area contributed by atoms with Gasteiger partial charge < -0.3 is 9.88 Å². The number of hydrogen-bond donors (Lipinski definition) is 1. The summed E-state index contributed by atoms with van der Waals surface area (Å²) in [6.45, 7) is 1.94. The molecule has 0 amide bonds. The minimum absolute atomic E-state index is 0.928. The van der Waals surface area contributed by atoms with E-state index in [0.717, 1.165) is 19.5 Å². The summed E-state index contributed by atoms with van der Waals surface area (Å²) in [6, 6.07) is 17.4. The number of fused-ring (bicyclic) bond motifs is 1. The van der Waals surface area contributed by atoms with Crippen LogP contribution in [0.1, 0.15) is 11.1 Å². The van der Waals surface area contributed by atoms with Crippen LogP contribution >= 0.6 is 22.6 Å². The molecular formula is C18H19IN2. The van der Waals surface area contributed by atoms with E-state index in [-0.39, 0.29) is 0 Å². The van der Waals surface area contributed by atoms with E-state index in [4.69, 9.17) is 0 Å². The molecule has 0 fully saturated rings. The minimum Gasteiger partial charge on any atom is -0.343 e. The molecule has 2 aromatic carbocycles. The van der Waals surface area contributed by atoms with Gasteiger partial charge in [0.15, 0.2) is 0 Å². The molecule has 1 N–H and O–H groups in total. The maximum absolute atomic E-state index is 3.24. The molecule has 0 radical (unpaired) electrons. The van der Waals surface area contributed by atoms with E-state index in [9.17, 15) is 0 Å². The molecule has 0 saturated carbocycles. The van der Waals surface area contributed by atoms with Gasteiger partial charge in [0, 0.05) is 27.2 Å². The van der Waals surface area contributed by atoms with Crippen molar-refractivity contribution in [3.8, 4) is 0 Å². The van der Waals surface area contributed by atoms with Crippen LogP contribution in [0.15, 0.2) is 54.7 Å². The maximum atomic E-state index is 3.24. The van der Waals surface area contributed by atoms with Crippen LogP contribution in [0.2, 0.25) is 0 Å². The van der Waals surface area contributed by atoms with Gasteiger partial charge in [-0.3, -0.25) is 0 Å². The number of para-hydroxylation sites is 1. The van der Waals surface area contributed by atoms with Crippen LogP contribution in [0.25, 0.3) is 10.9 Å². The molecule has 21 heavy (non-hydrogen) atoms. The molecule has 3 aromatic rings. The number of benzene rings is 2. The van der Waals surface area contributed by atoms with E-state index in [0.29, 0.717) is 0 Å². The van der Waals surface area contributed by atoms with Crippen LogP contribution in [0.3, 0.4) is 0 Å². The summed E-state index contributed by atoms with van der Waals surface area (Å²) in [5.74, 6) is 0. The zero-order valence-electron chi connectivity index (χ0n) is 12.1. The Kier molecular flexibility index (Phi) is 4.60. The molecule has 0 spiro atoms. The Morgan fingerprint density at radius 1 is 1.05 bits per heavy atom. The fourth-order valence-corrected chi connectivity index (χ4v) is 3.06. The number of nitrogens with zero attached hydrogens (tertiary/aromatic N) is 1. The van der Waals surface area contributed by atoms with Crippen LogP contribution in [0.5, 0.6) is 0 Å². The Balaban J connectivity index is 1.96. The molecule has 108 valence electrons. The summed E-state index contributed by atoms with van der Waals surface area (Å²) in [7, 11) is 2.00. The van der Waals surface area contributed by atoms with Crippen molar-refractivity contribution < 1.29 is 0 Å². The van der Waals surface area contributed by atoms with E-state index in [1.165, 1.54) is 25.6 Å². The van der Waals surface area contributed by atoms with Crippen molar-refractivity contribution in [1.29, 1.82) is 0 Å². The van der Waals surface area contributed by atoms with Crippen molar-refractivity contribution in [3.05, 3.63) is 69.4 Å². The Hall–Kier alpha value is -1.33. The van der Waals surface area contributed by atoms with Crippen LogP contribution < -0.4 is 5.32 Å². The van der Waals surface area contributed by atoms with Crippen molar-refractivity contribution in [2.75, 3.05) is 13.6 Å². The molecule has 0 aliphatic heterocycles. The highest BCUT2D eigenvalue weighted by molar-refractivity contribution is 14.1. The summed E-state index contributed by atoms with van der Waals surface area (Å²) in [5.41, 5.74) is 4.09. The molecular weight excluding hydrogens is 371 g/mol. The van der Waals surface area contributed by atoms with Gasteiger partial charge in [-0.25, -0.2) is 0 Å². The number of hydrogen-bond acceptors (Lipinski definition) is 1. The second-order valence-electron chi connectivity index (χ2n) is 5.28. The van der Waals surface area contributed by atoms with E-state index < -0.39 is 0 Å². The molecule has 0 saturated heterocycles. The highest BCUT2D eigenvalue weighted by Crippen LogP contribution is 2.23. The molecule has 2 nitrogen and oxygen atoms in total. The van der Waals surface area contributed by atoms with Gasteiger partial charge in [0.1, 0.15) is 0 Å². The van der Waals surface area contributed by atoms with Crippen molar-refractivity contribution in [2.24, 2.45) is 0 Å². The van der Waals surface area contributed by atoms with Gasteiger partial charge in [0.05, 0.1) is 0 Å². The number of likely N-dealkylation sites (N-methyl/N-ethyl adjacent to an activating group) is 1. The largest absolute Gasteiger partial charge is 0.343 e. The third-order valence-electron chi connectivity index (χ3n) is 3.78. The minimum atomic E-state index is 0.928. The van der Waals surface area contributed by atoms with E-state index >= 15 is 0 Å². The van der Waals surface area contributed by atoms with Gasteiger partial charge in [-0.15, -0.1) is 0 Å². The Bertz CT molecular complexity index is 729.